The van der Waals surface area contributed by atoms with E-state index in [4.69, 9.17) is 13.9 Å². The van der Waals surface area contributed by atoms with E-state index < -0.39 is 17.6 Å². The Hall–Kier alpha value is -3.15. The van der Waals surface area contributed by atoms with E-state index in [0.29, 0.717) is 16.5 Å². The largest absolute Gasteiger partial charge is 0.462 e. The summed E-state index contributed by atoms with van der Waals surface area (Å²) >= 11 is 0. The van der Waals surface area contributed by atoms with E-state index in [2.05, 4.69) is 0 Å². The zero-order valence-electron chi connectivity index (χ0n) is 13.1. The molecule has 0 aliphatic rings. The van der Waals surface area contributed by atoms with E-state index in [0.717, 1.165) is 11.5 Å². The maximum Gasteiger partial charge on any atom is 0.339 e. The molecular formula is C18H14O6. The first-order valence-corrected chi connectivity index (χ1v) is 7.35. The average Bonchev–Trinajstić information content (AvgIpc) is 2.53. The molecule has 0 amide bonds. The second-order valence-electron chi connectivity index (χ2n) is 5.12. The molecule has 0 fully saturated rings. The fraction of sp³-hybridized carbons (Fsp3) is 0.167. The Morgan fingerprint density at radius 1 is 1.08 bits per heavy atom. The molecule has 6 heteroatoms. The molecule has 6 nitrogen and oxygen atoms in total. The smallest absolute Gasteiger partial charge is 0.339 e. The standard InChI is InChI=1S/C18H14O6/c1-3-22-18(21)15-9-16(20)24-17-13(15)7-5-11-4-6-12(8-14(11)17)23-10(2)19/h4-9H,3H2,1-2H3. The van der Waals surface area contributed by atoms with Crippen LogP contribution in [0.1, 0.15) is 24.2 Å². The molecule has 2 aromatic carbocycles. The lowest BCUT2D eigenvalue weighted by atomic mass is 10.0. The van der Waals surface area contributed by atoms with Crippen LogP contribution in [0.3, 0.4) is 0 Å². The SMILES string of the molecule is CCOC(=O)c1cc(=O)oc2c1ccc1ccc(OC(C)=O)cc12. The molecule has 0 aliphatic carbocycles. The molecule has 0 aliphatic heterocycles. The molecule has 122 valence electrons. The van der Waals surface area contributed by atoms with Crippen molar-refractivity contribution in [2.75, 3.05) is 6.61 Å². The number of carbonyl (C=O) groups is 2. The summed E-state index contributed by atoms with van der Waals surface area (Å²) in [5.41, 5.74) is -0.268. The van der Waals surface area contributed by atoms with Crippen LogP contribution >= 0.6 is 0 Å². The molecule has 0 unspecified atom stereocenters. The minimum absolute atomic E-state index is 0.142. The number of hydrogen-bond donors (Lipinski definition) is 0. The topological polar surface area (TPSA) is 82.8 Å². The van der Waals surface area contributed by atoms with Crippen LogP contribution in [0.2, 0.25) is 0 Å². The van der Waals surface area contributed by atoms with Gasteiger partial charge in [0.1, 0.15) is 11.3 Å². The first-order chi connectivity index (χ1) is 11.5. The fourth-order valence-electron chi connectivity index (χ4n) is 2.53. The van der Waals surface area contributed by atoms with E-state index >= 15 is 0 Å². The first-order valence-electron chi connectivity index (χ1n) is 7.35. The zero-order chi connectivity index (χ0) is 17.3. The van der Waals surface area contributed by atoms with Gasteiger partial charge in [-0.15, -0.1) is 0 Å². The van der Waals surface area contributed by atoms with Crippen LogP contribution in [-0.2, 0) is 9.53 Å². The lowest BCUT2D eigenvalue weighted by Gasteiger charge is -2.08. The maximum atomic E-state index is 12.1. The normalized spacial score (nSPS) is 10.8. The van der Waals surface area contributed by atoms with Crippen molar-refractivity contribution < 1.29 is 23.5 Å². The minimum atomic E-state index is -0.657. The van der Waals surface area contributed by atoms with Crippen LogP contribution in [0, 0.1) is 0 Å². The molecule has 3 rings (SSSR count). The van der Waals surface area contributed by atoms with Crippen molar-refractivity contribution in [2.24, 2.45) is 0 Å². The molecule has 0 radical (unpaired) electrons. The van der Waals surface area contributed by atoms with Gasteiger partial charge in [0.05, 0.1) is 12.2 Å². The van der Waals surface area contributed by atoms with Crippen molar-refractivity contribution in [2.45, 2.75) is 13.8 Å². The van der Waals surface area contributed by atoms with Crippen molar-refractivity contribution >= 4 is 33.7 Å². The summed E-state index contributed by atoms with van der Waals surface area (Å²) in [6.45, 7) is 3.18. The van der Waals surface area contributed by atoms with Crippen LogP contribution in [-0.4, -0.2) is 18.5 Å². The summed E-state index contributed by atoms with van der Waals surface area (Å²) in [5, 5.41) is 1.80. The number of rotatable bonds is 3. The highest BCUT2D eigenvalue weighted by molar-refractivity contribution is 6.11. The Morgan fingerprint density at radius 2 is 1.83 bits per heavy atom. The van der Waals surface area contributed by atoms with Crippen LogP contribution < -0.4 is 10.4 Å². The van der Waals surface area contributed by atoms with E-state index in [1.54, 1.807) is 37.3 Å². The van der Waals surface area contributed by atoms with E-state index in [9.17, 15) is 14.4 Å². The first kappa shape index (κ1) is 15.7. The number of hydrogen-bond acceptors (Lipinski definition) is 6. The lowest BCUT2D eigenvalue weighted by molar-refractivity contribution is -0.131. The summed E-state index contributed by atoms with van der Waals surface area (Å²) in [6.07, 6.45) is 0. The van der Waals surface area contributed by atoms with Crippen molar-refractivity contribution in [3.63, 3.8) is 0 Å². The van der Waals surface area contributed by atoms with Crippen LogP contribution in [0.4, 0.5) is 0 Å². The van der Waals surface area contributed by atoms with Gasteiger partial charge >= 0.3 is 17.6 Å². The Labute approximate surface area is 136 Å². The maximum absolute atomic E-state index is 12.1. The van der Waals surface area contributed by atoms with Gasteiger partial charge in [-0.3, -0.25) is 4.79 Å². The highest BCUT2D eigenvalue weighted by Crippen LogP contribution is 2.30. The van der Waals surface area contributed by atoms with Gasteiger partial charge in [0.25, 0.3) is 0 Å². The number of esters is 2. The fourth-order valence-corrected chi connectivity index (χ4v) is 2.53. The predicted octanol–water partition coefficient (Wildman–Crippen LogP) is 3.05. The summed E-state index contributed by atoms with van der Waals surface area (Å²) in [7, 11) is 0. The third-order valence-corrected chi connectivity index (χ3v) is 3.46. The van der Waals surface area contributed by atoms with Crippen molar-refractivity contribution in [3.05, 3.63) is 52.4 Å². The number of fused-ring (bicyclic) bond motifs is 3. The Balaban J connectivity index is 2.31. The monoisotopic (exact) mass is 326 g/mol. The van der Waals surface area contributed by atoms with Crippen LogP contribution in [0.15, 0.2) is 45.6 Å². The lowest BCUT2D eigenvalue weighted by Crippen LogP contribution is -2.10. The average molecular weight is 326 g/mol. The van der Waals surface area contributed by atoms with Gasteiger partial charge in [0, 0.05) is 23.8 Å². The Bertz CT molecular complexity index is 1020. The highest BCUT2D eigenvalue weighted by Gasteiger charge is 2.16. The molecule has 0 saturated heterocycles. The van der Waals surface area contributed by atoms with Gasteiger partial charge in [-0.2, -0.15) is 0 Å². The number of benzene rings is 2. The van der Waals surface area contributed by atoms with Crippen molar-refractivity contribution in [1.29, 1.82) is 0 Å². The summed E-state index contributed by atoms with van der Waals surface area (Å²) in [5.74, 6) is -0.721. The second kappa shape index (κ2) is 6.16. The molecular weight excluding hydrogens is 312 g/mol. The van der Waals surface area contributed by atoms with E-state index in [-0.39, 0.29) is 17.8 Å². The molecule has 0 saturated carbocycles. The zero-order valence-corrected chi connectivity index (χ0v) is 13.1. The van der Waals surface area contributed by atoms with E-state index in [1.807, 2.05) is 0 Å². The van der Waals surface area contributed by atoms with Crippen molar-refractivity contribution in [3.8, 4) is 5.75 Å². The third-order valence-electron chi connectivity index (χ3n) is 3.46. The van der Waals surface area contributed by atoms with Gasteiger partial charge in [-0.1, -0.05) is 12.1 Å². The molecule has 0 bridgehead atoms. The van der Waals surface area contributed by atoms with Crippen LogP contribution in [0.25, 0.3) is 21.7 Å². The Morgan fingerprint density at radius 3 is 2.54 bits per heavy atom. The van der Waals surface area contributed by atoms with Crippen LogP contribution in [0.5, 0.6) is 5.75 Å². The quantitative estimate of drug-likeness (QED) is 0.318. The number of ether oxygens (including phenoxy) is 2. The Kier molecular flexibility index (Phi) is 4.04. The summed E-state index contributed by atoms with van der Waals surface area (Å²) < 4.78 is 15.4. The van der Waals surface area contributed by atoms with E-state index in [1.165, 1.54) is 6.92 Å². The van der Waals surface area contributed by atoms with Gasteiger partial charge < -0.3 is 13.9 Å². The molecule has 0 spiro atoms. The molecule has 24 heavy (non-hydrogen) atoms. The minimum Gasteiger partial charge on any atom is -0.462 e. The number of carbonyl (C=O) groups excluding carboxylic acids is 2. The molecule has 1 heterocycles. The molecule has 1 aromatic heterocycles. The van der Waals surface area contributed by atoms with Gasteiger partial charge in [0.15, 0.2) is 0 Å². The second-order valence-corrected chi connectivity index (χ2v) is 5.12. The molecule has 0 N–H and O–H groups in total. The van der Waals surface area contributed by atoms with Crippen molar-refractivity contribution in [1.82, 2.24) is 0 Å². The predicted molar refractivity (Wildman–Crippen MR) is 87.3 cm³/mol. The van der Waals surface area contributed by atoms with Gasteiger partial charge in [-0.05, 0) is 30.5 Å². The molecule has 0 atom stereocenters. The summed E-state index contributed by atoms with van der Waals surface area (Å²) in [6, 6.07) is 9.57. The van der Waals surface area contributed by atoms with Gasteiger partial charge in [-0.25, -0.2) is 9.59 Å². The third kappa shape index (κ3) is 2.86. The van der Waals surface area contributed by atoms with Gasteiger partial charge in [0.2, 0.25) is 0 Å². The highest BCUT2D eigenvalue weighted by atomic mass is 16.5. The molecule has 3 aromatic rings. The summed E-state index contributed by atoms with van der Waals surface area (Å²) in [4.78, 5) is 35.1.